The molecule has 1 N–H and O–H groups in total. The lowest BCUT2D eigenvalue weighted by Gasteiger charge is -2.35. The van der Waals surface area contributed by atoms with Crippen LogP contribution in [0.2, 0.25) is 0 Å². The van der Waals surface area contributed by atoms with E-state index in [0.29, 0.717) is 48.1 Å². The molecule has 8 nitrogen and oxygen atoms in total. The molecule has 0 saturated heterocycles. The molecule has 0 atom stereocenters. The molecule has 33 heavy (non-hydrogen) atoms. The zero-order chi connectivity index (χ0) is 23.0. The standard InChI is InChI=1S/C24H21FN4O4/c1-32-18-9-15(8-17(25)10-18)16-11-27-23(28-12-16)29-21(30)14-2-5-24(6-3-14)20-4-7-26-13-19(20)22(31)33-24/h4,7-14H,2-3,5-6H2,1H3,(H,27,28,29,30)/t14-,24-. The molecule has 1 aromatic carbocycles. The first-order valence-electron chi connectivity index (χ1n) is 10.6. The van der Waals surface area contributed by atoms with Crippen molar-refractivity contribution < 1.29 is 23.5 Å². The zero-order valence-electron chi connectivity index (χ0n) is 17.9. The van der Waals surface area contributed by atoms with Crippen LogP contribution in [0.4, 0.5) is 10.3 Å². The molecule has 1 saturated carbocycles. The molecule has 1 spiro atoms. The lowest BCUT2D eigenvalue weighted by atomic mass is 9.75. The molecule has 3 aromatic rings. The fourth-order valence-corrected chi connectivity index (χ4v) is 4.56. The van der Waals surface area contributed by atoms with E-state index in [0.717, 1.165) is 5.56 Å². The first-order valence-corrected chi connectivity index (χ1v) is 10.6. The largest absolute Gasteiger partial charge is 0.497 e. The minimum Gasteiger partial charge on any atom is -0.497 e. The van der Waals surface area contributed by atoms with E-state index in [4.69, 9.17) is 9.47 Å². The van der Waals surface area contributed by atoms with Gasteiger partial charge in [0.1, 0.15) is 17.2 Å². The third kappa shape index (κ3) is 3.90. The van der Waals surface area contributed by atoms with Crippen LogP contribution in [-0.2, 0) is 15.1 Å². The van der Waals surface area contributed by atoms with Gasteiger partial charge in [-0.15, -0.1) is 0 Å². The molecule has 1 aliphatic carbocycles. The van der Waals surface area contributed by atoms with E-state index in [1.807, 2.05) is 6.07 Å². The van der Waals surface area contributed by atoms with Gasteiger partial charge in [-0.1, -0.05) is 0 Å². The van der Waals surface area contributed by atoms with Crippen molar-refractivity contribution in [2.24, 2.45) is 5.92 Å². The molecule has 9 heteroatoms. The third-order valence-corrected chi connectivity index (χ3v) is 6.31. The number of aromatic nitrogens is 3. The van der Waals surface area contributed by atoms with E-state index in [2.05, 4.69) is 20.3 Å². The number of rotatable bonds is 4. The smallest absolute Gasteiger partial charge is 0.341 e. The van der Waals surface area contributed by atoms with Crippen molar-refractivity contribution >= 4 is 17.8 Å². The average molecular weight is 448 g/mol. The third-order valence-electron chi connectivity index (χ3n) is 6.31. The summed E-state index contributed by atoms with van der Waals surface area (Å²) < 4.78 is 24.6. The van der Waals surface area contributed by atoms with Crippen molar-refractivity contribution in [2.75, 3.05) is 12.4 Å². The molecule has 2 aliphatic rings. The number of benzene rings is 1. The van der Waals surface area contributed by atoms with E-state index in [9.17, 15) is 14.0 Å². The van der Waals surface area contributed by atoms with Gasteiger partial charge in [-0.05, 0) is 49.4 Å². The summed E-state index contributed by atoms with van der Waals surface area (Å²) in [5.41, 5.74) is 1.86. The van der Waals surface area contributed by atoms with E-state index in [-0.39, 0.29) is 23.7 Å². The monoisotopic (exact) mass is 448 g/mol. The maximum atomic E-state index is 13.8. The number of nitrogens with one attached hydrogen (secondary N) is 1. The minimum atomic E-state index is -0.670. The number of fused-ring (bicyclic) bond motifs is 2. The molecule has 2 aromatic heterocycles. The van der Waals surface area contributed by atoms with E-state index in [1.54, 1.807) is 12.3 Å². The fourth-order valence-electron chi connectivity index (χ4n) is 4.56. The Bertz CT molecular complexity index is 1220. The summed E-state index contributed by atoms with van der Waals surface area (Å²) in [5, 5.41) is 2.75. The average Bonchev–Trinajstić information content (AvgIpc) is 3.10. The maximum Gasteiger partial charge on any atom is 0.341 e. The van der Waals surface area contributed by atoms with E-state index >= 15 is 0 Å². The summed E-state index contributed by atoms with van der Waals surface area (Å²) >= 11 is 0. The second-order valence-corrected chi connectivity index (χ2v) is 8.24. The van der Waals surface area contributed by atoms with Crippen molar-refractivity contribution in [1.29, 1.82) is 0 Å². The Morgan fingerprint density at radius 3 is 2.64 bits per heavy atom. The Hall–Kier alpha value is -3.88. The number of ether oxygens (including phenoxy) is 2. The van der Waals surface area contributed by atoms with Crippen LogP contribution < -0.4 is 10.1 Å². The summed E-state index contributed by atoms with van der Waals surface area (Å²) in [6.07, 6.45) is 8.51. The number of hydrogen-bond donors (Lipinski definition) is 1. The van der Waals surface area contributed by atoms with Crippen LogP contribution >= 0.6 is 0 Å². The first kappa shape index (κ1) is 21.0. The highest BCUT2D eigenvalue weighted by Crippen LogP contribution is 2.47. The number of amides is 1. The van der Waals surface area contributed by atoms with Crippen molar-refractivity contribution in [3.8, 4) is 16.9 Å². The van der Waals surface area contributed by atoms with E-state index in [1.165, 1.54) is 37.8 Å². The molecule has 0 unspecified atom stereocenters. The molecule has 0 radical (unpaired) electrons. The lowest BCUT2D eigenvalue weighted by molar-refractivity contribution is -0.122. The highest BCUT2D eigenvalue weighted by Gasteiger charge is 2.48. The zero-order valence-corrected chi connectivity index (χ0v) is 17.9. The van der Waals surface area contributed by atoms with Crippen molar-refractivity contribution in [3.63, 3.8) is 0 Å². The molecular formula is C24H21FN4O4. The molecule has 1 fully saturated rings. The van der Waals surface area contributed by atoms with Crippen molar-refractivity contribution in [1.82, 2.24) is 15.0 Å². The van der Waals surface area contributed by atoms with Crippen molar-refractivity contribution in [3.05, 3.63) is 66.0 Å². The molecule has 168 valence electrons. The number of halogens is 1. The van der Waals surface area contributed by atoms with Crippen LogP contribution in [-0.4, -0.2) is 33.9 Å². The number of methoxy groups -OCH3 is 1. The predicted molar refractivity (Wildman–Crippen MR) is 116 cm³/mol. The quantitative estimate of drug-likeness (QED) is 0.604. The van der Waals surface area contributed by atoms with Crippen LogP contribution in [0.3, 0.4) is 0 Å². The molecule has 1 amide bonds. The summed E-state index contributed by atoms with van der Waals surface area (Å²) in [5.74, 6) is -0.630. The minimum absolute atomic E-state index is 0.177. The Balaban J connectivity index is 1.23. The molecule has 3 heterocycles. The van der Waals surface area contributed by atoms with Crippen molar-refractivity contribution in [2.45, 2.75) is 31.3 Å². The van der Waals surface area contributed by atoms with Crippen LogP contribution in [0.5, 0.6) is 5.75 Å². The molecule has 0 bridgehead atoms. The number of hydrogen-bond acceptors (Lipinski definition) is 7. The number of anilines is 1. The fraction of sp³-hybridized carbons (Fsp3) is 0.292. The molecule has 5 rings (SSSR count). The summed E-state index contributed by atoms with van der Waals surface area (Å²) in [4.78, 5) is 37.4. The normalized spacial score (nSPS) is 21.4. The van der Waals surface area contributed by atoms with Gasteiger partial charge >= 0.3 is 5.97 Å². The first-order chi connectivity index (χ1) is 16.0. The lowest BCUT2D eigenvalue weighted by Crippen LogP contribution is -2.36. The van der Waals surface area contributed by atoms with Crippen LogP contribution in [0.1, 0.15) is 41.6 Å². The number of nitrogens with zero attached hydrogens (tertiary/aromatic N) is 3. The molecular weight excluding hydrogens is 427 g/mol. The maximum absolute atomic E-state index is 13.8. The Kier molecular flexibility index (Phi) is 5.24. The highest BCUT2D eigenvalue weighted by molar-refractivity contribution is 5.94. The number of carbonyl (C=O) groups is 2. The van der Waals surface area contributed by atoms with E-state index < -0.39 is 11.4 Å². The SMILES string of the molecule is COc1cc(F)cc(-c2cnc(NC(=O)[C@H]3CC[C@@]4(CC3)OC(=O)c3cnccc34)nc2)c1. The van der Waals surface area contributed by atoms with Gasteiger partial charge in [-0.2, -0.15) is 0 Å². The number of pyridine rings is 1. The van der Waals surface area contributed by atoms with Crippen LogP contribution in [0.25, 0.3) is 11.1 Å². The van der Waals surface area contributed by atoms with Gasteiger partial charge in [0.15, 0.2) is 0 Å². The predicted octanol–water partition coefficient (Wildman–Crippen LogP) is 3.88. The summed E-state index contributed by atoms with van der Waals surface area (Å²) in [6.45, 7) is 0. The number of carbonyl (C=O) groups excluding carboxylic acids is 2. The van der Waals surface area contributed by atoms with Gasteiger partial charge in [0.25, 0.3) is 0 Å². The van der Waals surface area contributed by atoms with Gasteiger partial charge < -0.3 is 9.47 Å². The van der Waals surface area contributed by atoms with Crippen LogP contribution in [0.15, 0.2) is 49.1 Å². The van der Waals surface area contributed by atoms with Gasteiger partial charge in [0, 0.05) is 47.9 Å². The Labute approximate surface area is 189 Å². The summed E-state index contributed by atoms with van der Waals surface area (Å²) in [6, 6.07) is 6.16. The summed E-state index contributed by atoms with van der Waals surface area (Å²) in [7, 11) is 1.47. The Morgan fingerprint density at radius 2 is 1.91 bits per heavy atom. The molecule has 1 aliphatic heterocycles. The second-order valence-electron chi connectivity index (χ2n) is 8.24. The van der Waals surface area contributed by atoms with Gasteiger partial charge in [-0.3, -0.25) is 15.1 Å². The Morgan fingerprint density at radius 1 is 1.15 bits per heavy atom. The van der Waals surface area contributed by atoms with Gasteiger partial charge in [-0.25, -0.2) is 19.2 Å². The van der Waals surface area contributed by atoms with Gasteiger partial charge in [0.05, 0.1) is 12.7 Å². The van der Waals surface area contributed by atoms with Gasteiger partial charge in [0.2, 0.25) is 11.9 Å². The van der Waals surface area contributed by atoms with Crippen LogP contribution in [0, 0.1) is 11.7 Å². The highest BCUT2D eigenvalue weighted by atomic mass is 19.1. The number of esters is 1. The topological polar surface area (TPSA) is 103 Å². The second kappa shape index (κ2) is 8.23.